The zero-order chi connectivity index (χ0) is 15.6. The number of nitrogens with one attached hydrogen (secondary N) is 1. The molecular formula is C15H17BrN4O. The molecule has 0 unspecified atom stereocenters. The number of pyridine rings is 1. The molecule has 2 rings (SSSR count). The minimum absolute atomic E-state index is 0.236. The van der Waals surface area contributed by atoms with Gasteiger partial charge in [-0.2, -0.15) is 0 Å². The number of amides is 1. The first-order valence-corrected chi connectivity index (χ1v) is 7.19. The van der Waals surface area contributed by atoms with Crippen molar-refractivity contribution in [3.63, 3.8) is 0 Å². The molecule has 6 heteroatoms. The minimum Gasteiger partial charge on any atom is -0.399 e. The van der Waals surface area contributed by atoms with Gasteiger partial charge in [0.15, 0.2) is 0 Å². The number of carbonyl (C=O) groups is 1. The lowest BCUT2D eigenvalue weighted by Gasteiger charge is -2.17. The molecule has 1 amide bonds. The number of benzene rings is 1. The average Bonchev–Trinajstić information content (AvgIpc) is 2.42. The van der Waals surface area contributed by atoms with Crippen molar-refractivity contribution in [2.45, 2.75) is 6.92 Å². The molecule has 2 aromatic rings. The van der Waals surface area contributed by atoms with Gasteiger partial charge in [0.05, 0.1) is 11.3 Å². The van der Waals surface area contributed by atoms with Crippen molar-refractivity contribution in [1.29, 1.82) is 0 Å². The number of rotatable bonds is 3. The van der Waals surface area contributed by atoms with Gasteiger partial charge in [-0.1, -0.05) is 0 Å². The summed E-state index contributed by atoms with van der Waals surface area (Å²) in [5.74, 6) is 0.271. The third kappa shape index (κ3) is 3.52. The highest BCUT2D eigenvalue weighted by Crippen LogP contribution is 2.23. The van der Waals surface area contributed by atoms with E-state index in [0.29, 0.717) is 17.1 Å². The van der Waals surface area contributed by atoms with E-state index in [1.54, 1.807) is 18.2 Å². The van der Waals surface area contributed by atoms with Crippen LogP contribution in [0.5, 0.6) is 0 Å². The van der Waals surface area contributed by atoms with Gasteiger partial charge in [0.1, 0.15) is 5.82 Å². The fourth-order valence-corrected chi connectivity index (χ4v) is 2.14. The third-order valence-corrected chi connectivity index (χ3v) is 3.85. The summed E-state index contributed by atoms with van der Waals surface area (Å²) in [6, 6.07) is 8.86. The summed E-state index contributed by atoms with van der Waals surface area (Å²) in [5, 5.41) is 2.80. The number of nitrogens with two attached hydrogens (primary N) is 1. The fraction of sp³-hybridized carbons (Fsp3) is 0.200. The largest absolute Gasteiger partial charge is 0.399 e. The molecule has 0 aliphatic heterocycles. The zero-order valence-corrected chi connectivity index (χ0v) is 13.7. The van der Waals surface area contributed by atoms with E-state index < -0.39 is 0 Å². The molecule has 5 nitrogen and oxygen atoms in total. The van der Waals surface area contributed by atoms with Crippen LogP contribution in [-0.4, -0.2) is 25.0 Å². The Hall–Kier alpha value is -2.08. The normalized spacial score (nSPS) is 10.3. The van der Waals surface area contributed by atoms with E-state index in [9.17, 15) is 4.79 Å². The molecule has 0 saturated heterocycles. The van der Waals surface area contributed by atoms with Gasteiger partial charge in [0.25, 0.3) is 5.91 Å². The second-order valence-corrected chi connectivity index (χ2v) is 5.74. The van der Waals surface area contributed by atoms with Gasteiger partial charge >= 0.3 is 0 Å². The summed E-state index contributed by atoms with van der Waals surface area (Å²) in [7, 11) is 3.76. The maximum absolute atomic E-state index is 12.4. The molecule has 1 aromatic carbocycles. The molecule has 1 aromatic heterocycles. The van der Waals surface area contributed by atoms with Gasteiger partial charge in [-0.25, -0.2) is 4.98 Å². The monoisotopic (exact) mass is 348 g/mol. The number of hydrogen-bond acceptors (Lipinski definition) is 4. The number of hydrogen-bond donors (Lipinski definition) is 2. The van der Waals surface area contributed by atoms with Gasteiger partial charge in [-0.15, -0.1) is 0 Å². The van der Waals surface area contributed by atoms with Gasteiger partial charge in [0.2, 0.25) is 0 Å². The number of carbonyl (C=O) groups excluding carboxylic acids is 1. The average molecular weight is 349 g/mol. The second-order valence-electron chi connectivity index (χ2n) is 4.89. The van der Waals surface area contributed by atoms with E-state index >= 15 is 0 Å². The highest BCUT2D eigenvalue weighted by Gasteiger charge is 2.14. The molecular weight excluding hydrogens is 332 g/mol. The lowest BCUT2D eigenvalue weighted by molar-refractivity contribution is 0.102. The Morgan fingerprint density at radius 2 is 2.00 bits per heavy atom. The lowest BCUT2D eigenvalue weighted by atomic mass is 10.1. The number of anilines is 3. The van der Waals surface area contributed by atoms with E-state index in [2.05, 4.69) is 26.2 Å². The van der Waals surface area contributed by atoms with Crippen LogP contribution in [0.3, 0.4) is 0 Å². The van der Waals surface area contributed by atoms with Crippen molar-refractivity contribution in [1.82, 2.24) is 4.98 Å². The van der Waals surface area contributed by atoms with Crippen molar-refractivity contribution in [2.75, 3.05) is 30.0 Å². The van der Waals surface area contributed by atoms with Crippen molar-refractivity contribution in [2.24, 2.45) is 0 Å². The summed E-state index contributed by atoms with van der Waals surface area (Å²) >= 11 is 3.38. The van der Waals surface area contributed by atoms with Crippen LogP contribution >= 0.6 is 15.9 Å². The van der Waals surface area contributed by atoms with Crippen LogP contribution in [0, 0.1) is 6.92 Å². The number of nitrogen functional groups attached to an aromatic ring is 1. The smallest absolute Gasteiger partial charge is 0.258 e. The first kappa shape index (κ1) is 15.3. The van der Waals surface area contributed by atoms with E-state index in [0.717, 1.165) is 15.9 Å². The van der Waals surface area contributed by atoms with Gasteiger partial charge in [-0.3, -0.25) is 4.79 Å². The Labute approximate surface area is 132 Å². The van der Waals surface area contributed by atoms with E-state index in [1.165, 1.54) is 0 Å². The number of halogens is 1. The fourth-order valence-electron chi connectivity index (χ4n) is 1.92. The van der Waals surface area contributed by atoms with E-state index in [4.69, 9.17) is 5.73 Å². The van der Waals surface area contributed by atoms with Crippen LogP contribution in [0.25, 0.3) is 0 Å². The molecule has 0 fully saturated rings. The molecule has 21 heavy (non-hydrogen) atoms. The zero-order valence-electron chi connectivity index (χ0n) is 12.1. The first-order chi connectivity index (χ1) is 9.88. The molecule has 0 aliphatic carbocycles. The molecule has 0 radical (unpaired) electrons. The van der Waals surface area contributed by atoms with Crippen molar-refractivity contribution in [3.8, 4) is 0 Å². The molecule has 0 spiro atoms. The van der Waals surface area contributed by atoms with Crippen LogP contribution in [-0.2, 0) is 0 Å². The Balaban J connectivity index is 2.31. The summed E-state index contributed by atoms with van der Waals surface area (Å²) in [6.07, 6.45) is 0. The van der Waals surface area contributed by atoms with Crippen molar-refractivity contribution in [3.05, 3.63) is 46.1 Å². The van der Waals surface area contributed by atoms with Crippen LogP contribution in [0.4, 0.5) is 17.2 Å². The lowest BCUT2D eigenvalue weighted by Crippen LogP contribution is -2.19. The van der Waals surface area contributed by atoms with Crippen LogP contribution in [0.1, 0.15) is 16.1 Å². The Morgan fingerprint density at radius 3 is 2.62 bits per heavy atom. The summed E-state index contributed by atoms with van der Waals surface area (Å²) in [5.41, 5.74) is 8.46. The van der Waals surface area contributed by atoms with Crippen molar-refractivity contribution < 1.29 is 4.79 Å². The molecule has 110 valence electrons. The number of aryl methyl sites for hydroxylation is 1. The molecule has 3 N–H and O–H groups in total. The SMILES string of the molecule is Cc1nc(NC(=O)c2cc(N)ccc2N(C)C)ccc1Br. The predicted molar refractivity (Wildman–Crippen MR) is 89.8 cm³/mol. The predicted octanol–water partition coefficient (Wildman–Crippen LogP) is 3.05. The van der Waals surface area contributed by atoms with Crippen LogP contribution in [0.2, 0.25) is 0 Å². The highest BCUT2D eigenvalue weighted by atomic mass is 79.9. The minimum atomic E-state index is -0.236. The van der Waals surface area contributed by atoms with Crippen LogP contribution in [0.15, 0.2) is 34.8 Å². The summed E-state index contributed by atoms with van der Waals surface area (Å²) < 4.78 is 0.901. The van der Waals surface area contributed by atoms with Gasteiger partial charge in [-0.05, 0) is 53.2 Å². The topological polar surface area (TPSA) is 71.2 Å². The Morgan fingerprint density at radius 1 is 1.29 bits per heavy atom. The third-order valence-electron chi connectivity index (χ3n) is 3.01. The quantitative estimate of drug-likeness (QED) is 0.836. The standard InChI is InChI=1S/C15H17BrN4O/c1-9-12(16)5-7-14(18-9)19-15(21)11-8-10(17)4-6-13(11)20(2)3/h4-8H,17H2,1-3H3,(H,18,19,21). The summed E-state index contributed by atoms with van der Waals surface area (Å²) in [4.78, 5) is 18.6. The molecule has 0 saturated carbocycles. The van der Waals surface area contributed by atoms with E-state index in [-0.39, 0.29) is 5.91 Å². The molecule has 0 aliphatic rings. The number of nitrogens with zero attached hydrogens (tertiary/aromatic N) is 2. The highest BCUT2D eigenvalue weighted by molar-refractivity contribution is 9.10. The summed E-state index contributed by atoms with van der Waals surface area (Å²) in [6.45, 7) is 1.87. The van der Waals surface area contributed by atoms with Gasteiger partial charge < -0.3 is 16.0 Å². The maximum Gasteiger partial charge on any atom is 0.258 e. The van der Waals surface area contributed by atoms with E-state index in [1.807, 2.05) is 38.1 Å². The van der Waals surface area contributed by atoms with Crippen LogP contribution < -0.4 is 16.0 Å². The Kier molecular flexibility index (Phi) is 4.47. The maximum atomic E-state index is 12.4. The molecule has 0 bridgehead atoms. The molecule has 1 heterocycles. The Bertz CT molecular complexity index is 685. The second kappa shape index (κ2) is 6.13. The first-order valence-electron chi connectivity index (χ1n) is 6.40. The number of aromatic nitrogens is 1. The van der Waals surface area contributed by atoms with Crippen molar-refractivity contribution >= 4 is 39.0 Å². The molecule has 0 atom stereocenters. The van der Waals surface area contributed by atoms with Gasteiger partial charge in [0, 0.05) is 29.9 Å².